The highest BCUT2D eigenvalue weighted by molar-refractivity contribution is 5.80. The smallest absolute Gasteiger partial charge is 0.260 e. The van der Waals surface area contributed by atoms with E-state index in [1.165, 1.54) is 0 Å². The number of pyridine rings is 1. The lowest BCUT2D eigenvalue weighted by Gasteiger charge is -2.27. The third kappa shape index (κ3) is 5.69. The quantitative estimate of drug-likeness (QED) is 0.706. The molecule has 1 aromatic rings. The maximum Gasteiger partial charge on any atom is 0.260 e. The molecule has 2 heterocycles. The zero-order valence-electron chi connectivity index (χ0n) is 12.5. The number of aromatic nitrogens is 1. The van der Waals surface area contributed by atoms with Crippen LogP contribution in [0.15, 0.2) is 24.5 Å². The van der Waals surface area contributed by atoms with Crippen LogP contribution in [0, 0.1) is 0 Å². The number of nitrogens with one attached hydrogen (secondary N) is 2. The van der Waals surface area contributed by atoms with Crippen LogP contribution in [-0.2, 0) is 4.79 Å². The van der Waals surface area contributed by atoms with E-state index in [1.54, 1.807) is 31.5 Å². The largest absolute Gasteiger partial charge is 0.479 e. The lowest BCUT2D eigenvalue weighted by Crippen LogP contribution is -2.44. The lowest BCUT2D eigenvalue weighted by atomic mass is 10.3. The van der Waals surface area contributed by atoms with Crippen molar-refractivity contribution in [2.45, 2.75) is 19.4 Å². The van der Waals surface area contributed by atoms with E-state index in [2.05, 4.69) is 20.5 Å². The molecule has 1 fully saturated rings. The minimum Gasteiger partial charge on any atom is -0.479 e. The van der Waals surface area contributed by atoms with Crippen LogP contribution < -0.4 is 15.4 Å². The van der Waals surface area contributed by atoms with E-state index in [1.807, 2.05) is 0 Å². The summed E-state index contributed by atoms with van der Waals surface area (Å²) in [5, 5.41) is 6.24. The molecule has 1 aliphatic rings. The van der Waals surface area contributed by atoms with Crippen molar-refractivity contribution in [1.82, 2.24) is 20.5 Å². The molecule has 0 spiro atoms. The van der Waals surface area contributed by atoms with Crippen molar-refractivity contribution in [3.63, 3.8) is 0 Å². The Hall–Kier alpha value is -1.66. The Bertz CT molecular complexity index is 421. The fourth-order valence-corrected chi connectivity index (χ4v) is 2.27. The van der Waals surface area contributed by atoms with Gasteiger partial charge in [0.2, 0.25) is 0 Å². The minimum atomic E-state index is -0.506. The third-order valence-corrected chi connectivity index (χ3v) is 3.48. The van der Waals surface area contributed by atoms with E-state index in [0.29, 0.717) is 12.3 Å². The number of hydrogen-bond donors (Lipinski definition) is 2. The SMILES string of the molecule is CC(Oc1cccnc1)C(=O)NCCCN1CCNCC1. The Labute approximate surface area is 125 Å². The first-order valence-electron chi connectivity index (χ1n) is 7.53. The number of carbonyl (C=O) groups is 1. The van der Waals surface area contributed by atoms with E-state index < -0.39 is 6.10 Å². The molecule has 6 nitrogen and oxygen atoms in total. The van der Waals surface area contributed by atoms with E-state index in [4.69, 9.17) is 4.74 Å². The molecule has 2 rings (SSSR count). The van der Waals surface area contributed by atoms with Gasteiger partial charge in [-0.3, -0.25) is 9.78 Å². The van der Waals surface area contributed by atoms with Crippen molar-refractivity contribution in [1.29, 1.82) is 0 Å². The van der Waals surface area contributed by atoms with Crippen molar-refractivity contribution in [3.8, 4) is 5.75 Å². The zero-order valence-corrected chi connectivity index (χ0v) is 12.5. The molecule has 2 N–H and O–H groups in total. The Morgan fingerprint density at radius 3 is 3.05 bits per heavy atom. The fraction of sp³-hybridized carbons (Fsp3) is 0.600. The molecule has 0 saturated carbocycles. The predicted molar refractivity (Wildman–Crippen MR) is 81.3 cm³/mol. The molecule has 0 bridgehead atoms. The van der Waals surface area contributed by atoms with Crippen molar-refractivity contribution < 1.29 is 9.53 Å². The van der Waals surface area contributed by atoms with Crippen molar-refractivity contribution in [2.24, 2.45) is 0 Å². The average molecular weight is 292 g/mol. The number of amides is 1. The average Bonchev–Trinajstić information content (AvgIpc) is 2.53. The predicted octanol–water partition coefficient (Wildman–Crippen LogP) is 0.260. The standard InChI is InChI=1S/C15H24N4O2/c1-13(21-14-4-2-5-17-12-14)15(20)18-6-3-9-19-10-7-16-8-11-19/h2,4-5,12-13,16H,3,6-11H2,1H3,(H,18,20). The van der Waals surface area contributed by atoms with Crippen LogP contribution in [0.1, 0.15) is 13.3 Å². The van der Waals surface area contributed by atoms with Gasteiger partial charge in [-0.15, -0.1) is 0 Å². The topological polar surface area (TPSA) is 66.5 Å². The number of hydrogen-bond acceptors (Lipinski definition) is 5. The normalized spacial score (nSPS) is 17.2. The molecule has 1 atom stereocenters. The van der Waals surface area contributed by atoms with E-state index >= 15 is 0 Å². The molecular formula is C15H24N4O2. The van der Waals surface area contributed by atoms with Gasteiger partial charge in [-0.05, 0) is 32.0 Å². The first kappa shape index (κ1) is 15.7. The Morgan fingerprint density at radius 1 is 1.52 bits per heavy atom. The second kappa shape index (κ2) is 8.59. The van der Waals surface area contributed by atoms with Crippen LogP contribution in [-0.4, -0.2) is 61.2 Å². The minimum absolute atomic E-state index is 0.0841. The number of carbonyl (C=O) groups excluding carboxylic acids is 1. The number of ether oxygens (including phenoxy) is 1. The molecular weight excluding hydrogens is 268 g/mol. The van der Waals surface area contributed by atoms with Gasteiger partial charge in [0.25, 0.3) is 5.91 Å². The molecule has 0 aliphatic carbocycles. The summed E-state index contributed by atoms with van der Waals surface area (Å²) in [6.07, 6.45) is 3.74. The maximum absolute atomic E-state index is 11.9. The molecule has 21 heavy (non-hydrogen) atoms. The van der Waals surface area contributed by atoms with Crippen molar-refractivity contribution in [2.75, 3.05) is 39.3 Å². The summed E-state index contributed by atoms with van der Waals surface area (Å²) >= 11 is 0. The summed E-state index contributed by atoms with van der Waals surface area (Å²) in [5.74, 6) is 0.528. The number of nitrogens with zero attached hydrogens (tertiary/aromatic N) is 2. The van der Waals surface area contributed by atoms with E-state index in [0.717, 1.165) is 39.1 Å². The van der Waals surface area contributed by atoms with Crippen LogP contribution in [0.5, 0.6) is 5.75 Å². The molecule has 1 aliphatic heterocycles. The van der Waals surface area contributed by atoms with Gasteiger partial charge in [0.1, 0.15) is 5.75 Å². The first-order valence-corrected chi connectivity index (χ1v) is 7.53. The first-order chi connectivity index (χ1) is 10.3. The number of rotatable bonds is 7. The zero-order chi connectivity index (χ0) is 14.9. The van der Waals surface area contributed by atoms with E-state index in [9.17, 15) is 4.79 Å². The summed E-state index contributed by atoms with van der Waals surface area (Å²) in [6, 6.07) is 3.58. The summed E-state index contributed by atoms with van der Waals surface area (Å²) in [4.78, 5) is 18.3. The van der Waals surface area contributed by atoms with Gasteiger partial charge in [-0.1, -0.05) is 0 Å². The van der Waals surface area contributed by atoms with Crippen LogP contribution in [0.3, 0.4) is 0 Å². The molecule has 1 unspecified atom stereocenters. The Balaban J connectivity index is 1.60. The summed E-state index contributed by atoms with van der Waals surface area (Å²) in [5.41, 5.74) is 0. The molecule has 1 amide bonds. The van der Waals surface area contributed by atoms with Crippen LogP contribution in [0.25, 0.3) is 0 Å². The molecule has 0 radical (unpaired) electrons. The molecule has 6 heteroatoms. The molecule has 1 aromatic heterocycles. The van der Waals surface area contributed by atoms with Gasteiger partial charge >= 0.3 is 0 Å². The molecule has 116 valence electrons. The van der Waals surface area contributed by atoms with Gasteiger partial charge in [-0.2, -0.15) is 0 Å². The van der Waals surface area contributed by atoms with Crippen molar-refractivity contribution in [3.05, 3.63) is 24.5 Å². The monoisotopic (exact) mass is 292 g/mol. The fourth-order valence-electron chi connectivity index (χ4n) is 2.27. The highest BCUT2D eigenvalue weighted by Gasteiger charge is 2.14. The highest BCUT2D eigenvalue weighted by atomic mass is 16.5. The molecule has 1 saturated heterocycles. The van der Waals surface area contributed by atoms with Gasteiger partial charge in [0, 0.05) is 38.9 Å². The van der Waals surface area contributed by atoms with Crippen LogP contribution in [0.4, 0.5) is 0 Å². The van der Waals surface area contributed by atoms with Crippen LogP contribution >= 0.6 is 0 Å². The van der Waals surface area contributed by atoms with E-state index in [-0.39, 0.29) is 5.91 Å². The lowest BCUT2D eigenvalue weighted by molar-refractivity contribution is -0.127. The second-order valence-corrected chi connectivity index (χ2v) is 5.19. The van der Waals surface area contributed by atoms with Crippen molar-refractivity contribution >= 4 is 5.91 Å². The summed E-state index contributed by atoms with van der Waals surface area (Å²) in [6.45, 7) is 7.76. The maximum atomic E-state index is 11.9. The van der Waals surface area contributed by atoms with Gasteiger partial charge in [0.05, 0.1) is 6.20 Å². The van der Waals surface area contributed by atoms with Crippen LogP contribution in [0.2, 0.25) is 0 Å². The number of piperazine rings is 1. The second-order valence-electron chi connectivity index (χ2n) is 5.19. The van der Waals surface area contributed by atoms with Gasteiger partial charge in [0.15, 0.2) is 6.10 Å². The highest BCUT2D eigenvalue weighted by Crippen LogP contribution is 2.08. The van der Waals surface area contributed by atoms with Gasteiger partial charge < -0.3 is 20.3 Å². The summed E-state index contributed by atoms with van der Waals surface area (Å²) < 4.78 is 5.53. The van der Waals surface area contributed by atoms with Gasteiger partial charge in [-0.25, -0.2) is 0 Å². The third-order valence-electron chi connectivity index (χ3n) is 3.48. The Morgan fingerprint density at radius 2 is 2.33 bits per heavy atom. The summed E-state index contributed by atoms with van der Waals surface area (Å²) in [7, 11) is 0. The molecule has 0 aromatic carbocycles. The Kier molecular flexibility index (Phi) is 6.43.